The molecule has 25 heavy (non-hydrogen) atoms. The van der Waals surface area contributed by atoms with Gasteiger partial charge in [-0.1, -0.05) is 30.3 Å². The van der Waals surface area contributed by atoms with Gasteiger partial charge < -0.3 is 14.6 Å². The Morgan fingerprint density at radius 3 is 2.48 bits per heavy atom. The predicted molar refractivity (Wildman–Crippen MR) is 97.5 cm³/mol. The Morgan fingerprint density at radius 1 is 1.16 bits per heavy atom. The Morgan fingerprint density at radius 2 is 1.84 bits per heavy atom. The predicted octanol–water partition coefficient (Wildman–Crippen LogP) is 3.40. The molecule has 0 radical (unpaired) electrons. The fraction of sp³-hybridized carbons (Fsp3) is 0.400. The summed E-state index contributed by atoms with van der Waals surface area (Å²) in [5.74, 6) is -0.261. The summed E-state index contributed by atoms with van der Waals surface area (Å²) in [5.41, 5.74) is 4.40. The average molecular weight is 342 g/mol. The Balaban J connectivity index is 1.98. The van der Waals surface area contributed by atoms with Gasteiger partial charge in [-0.25, -0.2) is 4.79 Å². The van der Waals surface area contributed by atoms with Gasteiger partial charge in [0, 0.05) is 25.7 Å². The van der Waals surface area contributed by atoms with E-state index in [-0.39, 0.29) is 11.9 Å². The van der Waals surface area contributed by atoms with Crippen LogP contribution in [-0.2, 0) is 22.5 Å². The van der Waals surface area contributed by atoms with Crippen LogP contribution in [0.4, 0.5) is 0 Å². The van der Waals surface area contributed by atoms with E-state index in [1.165, 1.54) is 0 Å². The maximum atomic E-state index is 12.4. The fourth-order valence-electron chi connectivity index (χ4n) is 2.94. The molecule has 1 heterocycles. The molecule has 5 heteroatoms. The smallest absolute Gasteiger partial charge is 0.355 e. The van der Waals surface area contributed by atoms with Crippen LogP contribution in [0.5, 0.6) is 0 Å². The molecule has 2 aromatic rings. The number of carbonyl (C=O) groups excluding carboxylic acids is 2. The van der Waals surface area contributed by atoms with Crippen LogP contribution in [0.15, 0.2) is 30.3 Å². The molecule has 0 fully saturated rings. The summed E-state index contributed by atoms with van der Waals surface area (Å²) < 4.78 is 5.06. The van der Waals surface area contributed by atoms with E-state index in [1.807, 2.05) is 51.2 Å². The molecule has 0 aliphatic heterocycles. The normalized spacial score (nSPS) is 10.6. The van der Waals surface area contributed by atoms with E-state index in [2.05, 4.69) is 4.98 Å². The number of aromatic amines is 1. The summed E-state index contributed by atoms with van der Waals surface area (Å²) in [6.45, 7) is 6.53. The lowest BCUT2D eigenvalue weighted by Crippen LogP contribution is -2.26. The van der Waals surface area contributed by atoms with Crippen molar-refractivity contribution in [3.8, 4) is 0 Å². The molecule has 0 spiro atoms. The second-order valence-corrected chi connectivity index (χ2v) is 6.18. The lowest BCUT2D eigenvalue weighted by Gasteiger charge is -2.17. The van der Waals surface area contributed by atoms with Crippen molar-refractivity contribution in [1.82, 2.24) is 9.88 Å². The van der Waals surface area contributed by atoms with Gasteiger partial charge in [-0.3, -0.25) is 4.79 Å². The highest BCUT2D eigenvalue weighted by Crippen LogP contribution is 2.21. The number of H-pyrrole nitrogens is 1. The monoisotopic (exact) mass is 342 g/mol. The van der Waals surface area contributed by atoms with E-state index in [0.717, 1.165) is 22.4 Å². The summed E-state index contributed by atoms with van der Waals surface area (Å²) >= 11 is 0. The zero-order valence-electron chi connectivity index (χ0n) is 15.4. The Bertz CT molecular complexity index is 735. The molecule has 0 saturated carbocycles. The van der Waals surface area contributed by atoms with Gasteiger partial charge in [-0.05, 0) is 43.9 Å². The van der Waals surface area contributed by atoms with Crippen LogP contribution in [-0.4, -0.2) is 35.4 Å². The molecule has 0 atom stereocenters. The molecule has 0 bridgehead atoms. The maximum absolute atomic E-state index is 12.4. The highest BCUT2D eigenvalue weighted by atomic mass is 16.5. The van der Waals surface area contributed by atoms with Gasteiger partial charge in [-0.15, -0.1) is 0 Å². The zero-order valence-corrected chi connectivity index (χ0v) is 15.4. The largest absolute Gasteiger partial charge is 0.461 e. The minimum absolute atomic E-state index is 0.0848. The number of benzene rings is 1. The molecular weight excluding hydrogens is 316 g/mol. The number of rotatable bonds is 7. The van der Waals surface area contributed by atoms with Gasteiger partial charge in [0.15, 0.2) is 0 Å². The first-order chi connectivity index (χ1) is 11.9. The van der Waals surface area contributed by atoms with Crippen LogP contribution in [0.3, 0.4) is 0 Å². The van der Waals surface area contributed by atoms with Gasteiger partial charge in [0.25, 0.3) is 0 Å². The standard InChI is InChI=1S/C20H26N2O3/c1-5-25-20(24)19-14(2)17(15(3)21-19)11-12-18(23)22(4)13-16-9-7-6-8-10-16/h6-10,21H,5,11-13H2,1-4H3. The molecule has 1 N–H and O–H groups in total. The van der Waals surface area contributed by atoms with E-state index in [1.54, 1.807) is 11.8 Å². The number of hydrogen-bond donors (Lipinski definition) is 1. The summed E-state index contributed by atoms with van der Waals surface area (Å²) in [5, 5.41) is 0. The molecule has 2 rings (SSSR count). The van der Waals surface area contributed by atoms with Gasteiger partial charge >= 0.3 is 5.97 Å². The number of nitrogens with zero attached hydrogens (tertiary/aromatic N) is 1. The van der Waals surface area contributed by atoms with Gasteiger partial charge in [-0.2, -0.15) is 0 Å². The van der Waals surface area contributed by atoms with Crippen molar-refractivity contribution in [3.05, 3.63) is 58.4 Å². The molecule has 1 amide bonds. The van der Waals surface area contributed by atoms with Crippen molar-refractivity contribution in [2.45, 2.75) is 40.2 Å². The molecule has 0 saturated heterocycles. The first-order valence-corrected chi connectivity index (χ1v) is 8.57. The van der Waals surface area contributed by atoms with Crippen molar-refractivity contribution >= 4 is 11.9 Å². The summed E-state index contributed by atoms with van der Waals surface area (Å²) in [7, 11) is 1.82. The van der Waals surface area contributed by atoms with E-state index in [0.29, 0.717) is 31.7 Å². The van der Waals surface area contributed by atoms with Crippen molar-refractivity contribution in [3.63, 3.8) is 0 Å². The van der Waals surface area contributed by atoms with Gasteiger partial charge in [0.1, 0.15) is 5.69 Å². The number of amides is 1. The van der Waals surface area contributed by atoms with Crippen LogP contribution in [0, 0.1) is 13.8 Å². The number of nitrogens with one attached hydrogen (secondary N) is 1. The van der Waals surface area contributed by atoms with Crippen LogP contribution < -0.4 is 0 Å². The molecule has 0 aliphatic carbocycles. The number of hydrogen-bond acceptors (Lipinski definition) is 3. The van der Waals surface area contributed by atoms with Crippen LogP contribution in [0.1, 0.15) is 46.2 Å². The summed E-state index contributed by atoms with van der Waals surface area (Å²) in [4.78, 5) is 29.2. The van der Waals surface area contributed by atoms with Gasteiger partial charge in [0.05, 0.1) is 6.61 Å². The quantitative estimate of drug-likeness (QED) is 0.785. The molecule has 0 aliphatic rings. The number of ether oxygens (including phenoxy) is 1. The molecule has 1 aromatic carbocycles. The van der Waals surface area contributed by atoms with Crippen molar-refractivity contribution in [1.29, 1.82) is 0 Å². The lowest BCUT2D eigenvalue weighted by molar-refractivity contribution is -0.130. The number of carbonyl (C=O) groups is 2. The minimum atomic E-state index is -0.345. The molecule has 0 unspecified atom stereocenters. The summed E-state index contributed by atoms with van der Waals surface area (Å²) in [6.07, 6.45) is 1.01. The van der Waals surface area contributed by atoms with Crippen molar-refractivity contribution in [2.24, 2.45) is 0 Å². The lowest BCUT2D eigenvalue weighted by atomic mass is 10.0. The number of aromatic nitrogens is 1. The second kappa shape index (κ2) is 8.51. The van der Waals surface area contributed by atoms with E-state index < -0.39 is 0 Å². The van der Waals surface area contributed by atoms with Crippen molar-refractivity contribution < 1.29 is 14.3 Å². The average Bonchev–Trinajstić information content (AvgIpc) is 2.88. The minimum Gasteiger partial charge on any atom is -0.461 e. The van der Waals surface area contributed by atoms with Crippen LogP contribution in [0.2, 0.25) is 0 Å². The Kier molecular flexibility index (Phi) is 6.39. The maximum Gasteiger partial charge on any atom is 0.355 e. The van der Waals surface area contributed by atoms with Gasteiger partial charge in [0.2, 0.25) is 5.91 Å². The molecule has 5 nitrogen and oxygen atoms in total. The zero-order chi connectivity index (χ0) is 18.4. The molecular formula is C20H26N2O3. The Hall–Kier alpha value is -2.56. The van der Waals surface area contributed by atoms with E-state index in [4.69, 9.17) is 4.74 Å². The van der Waals surface area contributed by atoms with Crippen LogP contribution in [0.25, 0.3) is 0 Å². The highest BCUT2D eigenvalue weighted by molar-refractivity contribution is 5.90. The topological polar surface area (TPSA) is 62.4 Å². The number of aryl methyl sites for hydroxylation is 1. The Labute approximate surface area is 149 Å². The van der Waals surface area contributed by atoms with E-state index in [9.17, 15) is 9.59 Å². The first kappa shape index (κ1) is 18.8. The third-order valence-corrected chi connectivity index (χ3v) is 4.35. The number of esters is 1. The van der Waals surface area contributed by atoms with Crippen LogP contribution >= 0.6 is 0 Å². The van der Waals surface area contributed by atoms with Crippen molar-refractivity contribution in [2.75, 3.05) is 13.7 Å². The molecule has 1 aromatic heterocycles. The summed E-state index contributed by atoms with van der Waals surface area (Å²) in [6, 6.07) is 9.92. The van der Waals surface area contributed by atoms with E-state index >= 15 is 0 Å². The third-order valence-electron chi connectivity index (χ3n) is 4.35. The fourth-order valence-corrected chi connectivity index (χ4v) is 2.94. The molecule has 134 valence electrons. The SMILES string of the molecule is CCOC(=O)c1[nH]c(C)c(CCC(=O)N(C)Cc2ccccc2)c1C. The highest BCUT2D eigenvalue weighted by Gasteiger charge is 2.19. The second-order valence-electron chi connectivity index (χ2n) is 6.18. The third kappa shape index (κ3) is 4.72. The first-order valence-electron chi connectivity index (χ1n) is 8.57.